The summed E-state index contributed by atoms with van der Waals surface area (Å²) in [6.07, 6.45) is 5.28. The molecule has 2 atom stereocenters. The van der Waals surface area contributed by atoms with E-state index in [-0.39, 0.29) is 37.1 Å². The number of nitrogens with one attached hydrogen (secondary N) is 1. The second kappa shape index (κ2) is 14.2. The van der Waals surface area contributed by atoms with Gasteiger partial charge < -0.3 is 19.5 Å². The van der Waals surface area contributed by atoms with E-state index in [0.29, 0.717) is 76.1 Å². The molecule has 0 spiro atoms. The van der Waals surface area contributed by atoms with Gasteiger partial charge in [0.05, 0.1) is 53.0 Å². The van der Waals surface area contributed by atoms with E-state index < -0.39 is 16.1 Å². The number of carbonyl (C=O) groups excluding carboxylic acids is 1. The average molecular weight is 689 g/mol. The minimum atomic E-state index is -3.68. The first-order valence-electron chi connectivity index (χ1n) is 15.3. The predicted octanol–water partition coefficient (Wildman–Crippen LogP) is 5.73. The van der Waals surface area contributed by atoms with Crippen molar-refractivity contribution in [2.45, 2.75) is 44.9 Å². The van der Waals surface area contributed by atoms with E-state index in [4.69, 9.17) is 25.8 Å². The summed E-state index contributed by atoms with van der Waals surface area (Å²) in [6, 6.07) is 15.8. The number of halogens is 1. The van der Waals surface area contributed by atoms with Crippen molar-refractivity contribution in [3.63, 3.8) is 0 Å². The highest BCUT2D eigenvalue weighted by Crippen LogP contribution is 2.42. The van der Waals surface area contributed by atoms with Gasteiger partial charge in [0.2, 0.25) is 15.9 Å². The van der Waals surface area contributed by atoms with E-state index in [9.17, 15) is 18.5 Å². The van der Waals surface area contributed by atoms with Gasteiger partial charge in [-0.15, -0.1) is 0 Å². The summed E-state index contributed by atoms with van der Waals surface area (Å²) >= 11 is 6.60. The fourth-order valence-electron chi connectivity index (χ4n) is 5.89. The molecule has 1 amide bonds. The Hall–Kier alpha value is -4.61. The number of anilines is 2. The van der Waals surface area contributed by atoms with Crippen molar-refractivity contribution in [2.75, 3.05) is 31.3 Å². The SMILES string of the molecule is CC(=O)N=C1CCN(S(C)(=O)=O)C(c2cc3c(Nc4ccc(OCc5ccccn5)c(Cl)c4)c(C#N)cnc3cc2OC2CCOC2)C1. The number of hydrogen-bond donors (Lipinski definition) is 1. The Bertz CT molecular complexity index is 2030. The number of amides is 1. The number of carbonyl (C=O) groups is 1. The summed E-state index contributed by atoms with van der Waals surface area (Å²) in [7, 11) is -3.68. The fraction of sp³-hybridized carbons (Fsp3) is 0.324. The highest BCUT2D eigenvalue weighted by Gasteiger charge is 2.36. The van der Waals surface area contributed by atoms with Gasteiger partial charge in [0.25, 0.3) is 0 Å². The van der Waals surface area contributed by atoms with Crippen molar-refractivity contribution in [3.05, 3.63) is 82.8 Å². The van der Waals surface area contributed by atoms with Crippen LogP contribution >= 0.6 is 11.6 Å². The zero-order chi connectivity index (χ0) is 33.8. The summed E-state index contributed by atoms with van der Waals surface area (Å²) in [6.45, 7) is 2.70. The maximum atomic E-state index is 13.1. The van der Waals surface area contributed by atoms with Crippen molar-refractivity contribution < 1.29 is 27.4 Å². The third-order valence-electron chi connectivity index (χ3n) is 8.10. The Morgan fingerprint density at radius 2 is 2.06 bits per heavy atom. The van der Waals surface area contributed by atoms with E-state index in [2.05, 4.69) is 26.3 Å². The normalized spacial score (nSPS) is 19.2. The van der Waals surface area contributed by atoms with Gasteiger partial charge in [0, 0.05) is 67.1 Å². The molecule has 2 saturated heterocycles. The number of nitriles is 1. The molecule has 1 N–H and O–H groups in total. The Labute approximate surface area is 283 Å². The standard InChI is InChI=1S/C34H33ClN6O6S/c1-21(42)39-24-8-11-41(48(2,43)44)31(14-24)28-15-27-30(16-33(28)47-26-9-12-45-20-26)38-18-22(17-36)34(27)40-23-6-7-32(29(35)13-23)46-19-25-5-3-4-10-37-25/h3-7,10,13,15-16,18,26,31H,8-9,11-12,14,19-20H2,1-2H3,(H,38,40). The Balaban J connectivity index is 1.42. The molecule has 2 aliphatic rings. The number of benzene rings is 2. The molecule has 0 aliphatic carbocycles. The van der Waals surface area contributed by atoms with Crippen LogP contribution in [0.2, 0.25) is 5.02 Å². The quantitative estimate of drug-likeness (QED) is 0.230. The number of fused-ring (bicyclic) bond motifs is 1. The molecule has 14 heteroatoms. The molecule has 248 valence electrons. The summed E-state index contributed by atoms with van der Waals surface area (Å²) in [5.41, 5.74) is 3.75. The molecular formula is C34H33ClN6O6S. The first-order valence-corrected chi connectivity index (χ1v) is 17.6. The lowest BCUT2D eigenvalue weighted by Gasteiger charge is -2.36. The molecule has 2 fully saturated rings. The second-order valence-corrected chi connectivity index (χ2v) is 13.9. The largest absolute Gasteiger partial charge is 0.488 e. The zero-order valence-corrected chi connectivity index (χ0v) is 27.9. The van der Waals surface area contributed by atoms with Gasteiger partial charge in [0.15, 0.2) is 0 Å². The third kappa shape index (κ3) is 7.58. The monoisotopic (exact) mass is 688 g/mol. The zero-order valence-electron chi connectivity index (χ0n) is 26.3. The smallest absolute Gasteiger partial charge is 0.242 e. The Kier molecular flexibility index (Phi) is 9.88. The summed E-state index contributed by atoms with van der Waals surface area (Å²) < 4.78 is 45.4. The topological polar surface area (TPSA) is 156 Å². The minimum Gasteiger partial charge on any atom is -0.488 e. The minimum absolute atomic E-state index is 0.147. The molecule has 0 bridgehead atoms. The molecule has 2 unspecified atom stereocenters. The predicted molar refractivity (Wildman–Crippen MR) is 181 cm³/mol. The number of sulfonamides is 1. The van der Waals surface area contributed by atoms with Crippen molar-refractivity contribution in [2.24, 2.45) is 4.99 Å². The number of nitrogens with zero attached hydrogens (tertiary/aromatic N) is 5. The van der Waals surface area contributed by atoms with Gasteiger partial charge in [-0.3, -0.25) is 14.8 Å². The van der Waals surface area contributed by atoms with Gasteiger partial charge in [-0.05, 0) is 42.8 Å². The fourth-order valence-corrected chi connectivity index (χ4v) is 7.20. The number of aliphatic imine (C=N–C) groups is 1. The van der Waals surface area contributed by atoms with Gasteiger partial charge in [0.1, 0.15) is 30.3 Å². The van der Waals surface area contributed by atoms with Crippen LogP contribution in [-0.4, -0.2) is 66.4 Å². The highest BCUT2D eigenvalue weighted by atomic mass is 35.5. The second-order valence-electron chi connectivity index (χ2n) is 11.6. The number of hydrogen-bond acceptors (Lipinski definition) is 10. The summed E-state index contributed by atoms with van der Waals surface area (Å²) in [4.78, 5) is 24.9. The van der Waals surface area contributed by atoms with Crippen LogP contribution in [0.15, 0.2) is 65.9 Å². The van der Waals surface area contributed by atoms with Crippen LogP contribution in [0, 0.1) is 11.3 Å². The lowest BCUT2D eigenvalue weighted by atomic mass is 9.93. The van der Waals surface area contributed by atoms with E-state index in [0.717, 1.165) is 11.9 Å². The Morgan fingerprint density at radius 3 is 2.75 bits per heavy atom. The van der Waals surface area contributed by atoms with Crippen molar-refractivity contribution in [3.8, 4) is 17.6 Å². The molecule has 2 aliphatic heterocycles. The molecule has 0 radical (unpaired) electrons. The van der Waals surface area contributed by atoms with Crippen LogP contribution < -0.4 is 14.8 Å². The van der Waals surface area contributed by atoms with Gasteiger partial charge in [-0.25, -0.2) is 13.4 Å². The number of rotatable bonds is 9. The molecule has 48 heavy (non-hydrogen) atoms. The lowest BCUT2D eigenvalue weighted by Crippen LogP contribution is -2.41. The number of piperidine rings is 1. The van der Waals surface area contributed by atoms with Crippen molar-refractivity contribution in [1.82, 2.24) is 14.3 Å². The summed E-state index contributed by atoms with van der Waals surface area (Å²) in [5.74, 6) is 0.561. The Morgan fingerprint density at radius 1 is 1.21 bits per heavy atom. The number of aromatic nitrogens is 2. The van der Waals surface area contributed by atoms with Crippen LogP contribution in [0.25, 0.3) is 10.9 Å². The molecule has 2 aromatic carbocycles. The third-order valence-corrected chi connectivity index (χ3v) is 9.69. The average Bonchev–Trinajstić information content (AvgIpc) is 3.57. The molecule has 12 nitrogen and oxygen atoms in total. The maximum Gasteiger partial charge on any atom is 0.242 e. The van der Waals surface area contributed by atoms with E-state index in [1.54, 1.807) is 30.5 Å². The van der Waals surface area contributed by atoms with Crippen molar-refractivity contribution in [1.29, 1.82) is 5.26 Å². The van der Waals surface area contributed by atoms with E-state index in [1.807, 2.05) is 24.3 Å². The van der Waals surface area contributed by atoms with Gasteiger partial charge in [-0.1, -0.05) is 17.7 Å². The van der Waals surface area contributed by atoms with E-state index in [1.165, 1.54) is 17.4 Å². The lowest BCUT2D eigenvalue weighted by molar-refractivity contribution is -0.115. The molecule has 2 aromatic heterocycles. The van der Waals surface area contributed by atoms with E-state index >= 15 is 0 Å². The first kappa shape index (κ1) is 33.3. The van der Waals surface area contributed by atoms with Crippen LogP contribution in [0.1, 0.15) is 49.0 Å². The number of ether oxygens (including phenoxy) is 3. The van der Waals surface area contributed by atoms with Crippen LogP contribution in [0.4, 0.5) is 11.4 Å². The maximum absolute atomic E-state index is 13.1. The molecule has 4 heterocycles. The van der Waals surface area contributed by atoms with Gasteiger partial charge >= 0.3 is 0 Å². The highest BCUT2D eigenvalue weighted by molar-refractivity contribution is 7.88. The van der Waals surface area contributed by atoms with Crippen LogP contribution in [-0.2, 0) is 26.2 Å². The van der Waals surface area contributed by atoms with Crippen molar-refractivity contribution >= 4 is 55.5 Å². The van der Waals surface area contributed by atoms with Gasteiger partial charge in [-0.2, -0.15) is 9.57 Å². The number of pyridine rings is 2. The molecular weight excluding hydrogens is 656 g/mol. The van der Waals surface area contributed by atoms with Crippen LogP contribution in [0.3, 0.4) is 0 Å². The van der Waals surface area contributed by atoms with Crippen LogP contribution in [0.5, 0.6) is 11.5 Å². The summed E-state index contributed by atoms with van der Waals surface area (Å²) in [5, 5.41) is 14.4. The first-order chi connectivity index (χ1) is 23.1. The molecule has 0 saturated carbocycles. The molecule has 4 aromatic rings. The molecule has 6 rings (SSSR count).